The summed E-state index contributed by atoms with van der Waals surface area (Å²) in [6.45, 7) is 0.783. The predicted octanol–water partition coefficient (Wildman–Crippen LogP) is 4.48. The zero-order valence-electron chi connectivity index (χ0n) is 11.7. The number of hydrogen-bond acceptors (Lipinski definition) is 3. The van der Waals surface area contributed by atoms with Crippen LogP contribution >= 0.6 is 15.9 Å². The molecule has 0 radical (unpaired) electrons. The van der Waals surface area contributed by atoms with Crippen LogP contribution in [0.5, 0.6) is 0 Å². The highest BCUT2D eigenvalue weighted by Crippen LogP contribution is 2.17. The molecule has 0 aliphatic heterocycles. The van der Waals surface area contributed by atoms with Crippen molar-refractivity contribution in [1.82, 2.24) is 4.90 Å². The number of rotatable bonds is 5. The Labute approximate surface area is 136 Å². The Morgan fingerprint density at radius 3 is 1.91 bits per heavy atom. The molecule has 0 N–H and O–H groups in total. The summed E-state index contributed by atoms with van der Waals surface area (Å²) in [5, 5.41) is 0. The molecule has 4 nitrogen and oxygen atoms in total. The number of hydrogen-bond donors (Lipinski definition) is 0. The Morgan fingerprint density at radius 1 is 0.909 bits per heavy atom. The van der Waals surface area contributed by atoms with E-state index in [4.69, 9.17) is 8.83 Å². The second-order valence-corrected chi connectivity index (χ2v) is 5.74. The highest BCUT2D eigenvalue weighted by Gasteiger charge is 2.18. The third kappa shape index (κ3) is 3.49. The van der Waals surface area contributed by atoms with Crippen molar-refractivity contribution >= 4 is 21.8 Å². The predicted molar refractivity (Wildman–Crippen MR) is 85.1 cm³/mol. The average Bonchev–Trinajstić information content (AvgIpc) is 3.20. The Morgan fingerprint density at radius 2 is 1.45 bits per heavy atom. The monoisotopic (exact) mass is 359 g/mol. The van der Waals surface area contributed by atoms with Gasteiger partial charge in [0.25, 0.3) is 5.91 Å². The Kier molecular flexibility index (Phi) is 4.44. The van der Waals surface area contributed by atoms with Gasteiger partial charge in [-0.25, -0.2) is 0 Å². The van der Waals surface area contributed by atoms with Gasteiger partial charge in [-0.2, -0.15) is 0 Å². The summed E-state index contributed by atoms with van der Waals surface area (Å²) >= 11 is 3.37. The van der Waals surface area contributed by atoms with E-state index in [1.165, 1.54) is 0 Å². The van der Waals surface area contributed by atoms with Crippen LogP contribution in [0.25, 0.3) is 0 Å². The molecule has 5 heteroatoms. The number of carbonyl (C=O) groups is 1. The van der Waals surface area contributed by atoms with E-state index in [-0.39, 0.29) is 5.91 Å². The molecule has 0 spiro atoms. The molecule has 0 atom stereocenters. The number of carbonyl (C=O) groups excluding carboxylic acids is 1. The molecule has 3 aromatic rings. The molecule has 0 aliphatic rings. The minimum absolute atomic E-state index is 0.0692. The molecule has 0 aliphatic carbocycles. The summed E-state index contributed by atoms with van der Waals surface area (Å²) in [4.78, 5) is 14.4. The fourth-order valence-corrected chi connectivity index (χ4v) is 2.42. The molecular weight excluding hydrogens is 346 g/mol. The number of benzene rings is 1. The van der Waals surface area contributed by atoms with Gasteiger partial charge >= 0.3 is 0 Å². The van der Waals surface area contributed by atoms with E-state index in [1.54, 1.807) is 29.6 Å². The summed E-state index contributed by atoms with van der Waals surface area (Å²) < 4.78 is 11.7. The standard InChI is InChI=1S/C17H14BrNO3/c18-14-7-5-13(6-8-14)17(20)19(11-15-3-1-9-21-15)12-16-4-2-10-22-16/h1-10H,11-12H2. The average molecular weight is 360 g/mol. The molecule has 3 rings (SSSR count). The lowest BCUT2D eigenvalue weighted by Crippen LogP contribution is -2.29. The van der Waals surface area contributed by atoms with Crippen LogP contribution in [0.15, 0.2) is 74.4 Å². The Hall–Kier alpha value is -2.27. The maximum absolute atomic E-state index is 12.7. The molecule has 112 valence electrons. The van der Waals surface area contributed by atoms with E-state index < -0.39 is 0 Å². The van der Waals surface area contributed by atoms with Gasteiger partial charge in [0.1, 0.15) is 11.5 Å². The van der Waals surface area contributed by atoms with E-state index in [1.807, 2.05) is 36.4 Å². The summed E-state index contributed by atoms with van der Waals surface area (Å²) in [6.07, 6.45) is 3.20. The van der Waals surface area contributed by atoms with Crippen LogP contribution in [-0.2, 0) is 13.1 Å². The van der Waals surface area contributed by atoms with Gasteiger partial charge in [-0.1, -0.05) is 15.9 Å². The van der Waals surface area contributed by atoms with Crippen LogP contribution < -0.4 is 0 Å². The first-order valence-corrected chi connectivity index (χ1v) is 7.61. The van der Waals surface area contributed by atoms with Gasteiger partial charge in [0.15, 0.2) is 0 Å². The van der Waals surface area contributed by atoms with Gasteiger partial charge in [-0.05, 0) is 48.5 Å². The van der Waals surface area contributed by atoms with E-state index in [0.717, 1.165) is 16.0 Å². The summed E-state index contributed by atoms with van der Waals surface area (Å²) in [7, 11) is 0. The molecule has 0 saturated heterocycles. The lowest BCUT2D eigenvalue weighted by Gasteiger charge is -2.20. The van der Waals surface area contributed by atoms with Gasteiger partial charge < -0.3 is 13.7 Å². The van der Waals surface area contributed by atoms with Crippen molar-refractivity contribution in [2.24, 2.45) is 0 Å². The normalized spacial score (nSPS) is 10.6. The third-order valence-electron chi connectivity index (χ3n) is 3.23. The summed E-state index contributed by atoms with van der Waals surface area (Å²) in [5.74, 6) is 1.40. The van der Waals surface area contributed by atoms with Crippen LogP contribution in [0.4, 0.5) is 0 Å². The van der Waals surface area contributed by atoms with Crippen molar-refractivity contribution < 1.29 is 13.6 Å². The second-order valence-electron chi connectivity index (χ2n) is 4.83. The Balaban J connectivity index is 1.83. The fraction of sp³-hybridized carbons (Fsp3) is 0.118. The van der Waals surface area contributed by atoms with Crippen molar-refractivity contribution in [3.63, 3.8) is 0 Å². The molecule has 2 aromatic heterocycles. The van der Waals surface area contributed by atoms with Crippen molar-refractivity contribution in [3.05, 3.63) is 82.6 Å². The van der Waals surface area contributed by atoms with Crippen LogP contribution in [0.3, 0.4) is 0 Å². The number of nitrogens with zero attached hydrogens (tertiary/aromatic N) is 1. The minimum atomic E-state index is -0.0692. The van der Waals surface area contributed by atoms with Gasteiger partial charge in [0, 0.05) is 10.0 Å². The molecule has 1 amide bonds. The molecule has 1 aromatic carbocycles. The molecule has 2 heterocycles. The smallest absolute Gasteiger partial charge is 0.254 e. The topological polar surface area (TPSA) is 46.6 Å². The SMILES string of the molecule is O=C(c1ccc(Br)cc1)N(Cc1ccco1)Cc1ccco1. The molecule has 0 bridgehead atoms. The third-order valence-corrected chi connectivity index (χ3v) is 3.76. The van der Waals surface area contributed by atoms with Crippen molar-refractivity contribution in [1.29, 1.82) is 0 Å². The second kappa shape index (κ2) is 6.66. The first-order valence-electron chi connectivity index (χ1n) is 6.82. The lowest BCUT2D eigenvalue weighted by molar-refractivity contribution is 0.0705. The van der Waals surface area contributed by atoms with Crippen molar-refractivity contribution in [2.45, 2.75) is 13.1 Å². The van der Waals surface area contributed by atoms with E-state index in [2.05, 4.69) is 15.9 Å². The lowest BCUT2D eigenvalue weighted by atomic mass is 10.2. The van der Waals surface area contributed by atoms with Gasteiger partial charge in [0.2, 0.25) is 0 Å². The first-order chi connectivity index (χ1) is 10.7. The van der Waals surface area contributed by atoms with Gasteiger partial charge in [0.05, 0.1) is 25.6 Å². The van der Waals surface area contributed by atoms with Gasteiger partial charge in [-0.3, -0.25) is 4.79 Å². The van der Waals surface area contributed by atoms with Crippen LogP contribution in [0.1, 0.15) is 21.9 Å². The van der Waals surface area contributed by atoms with Gasteiger partial charge in [-0.15, -0.1) is 0 Å². The highest BCUT2D eigenvalue weighted by atomic mass is 79.9. The van der Waals surface area contributed by atoms with E-state index in [9.17, 15) is 4.79 Å². The number of furan rings is 2. The zero-order valence-corrected chi connectivity index (χ0v) is 13.3. The van der Waals surface area contributed by atoms with Crippen LogP contribution in [-0.4, -0.2) is 10.8 Å². The molecule has 0 saturated carbocycles. The van der Waals surface area contributed by atoms with Crippen molar-refractivity contribution in [3.8, 4) is 0 Å². The molecule has 22 heavy (non-hydrogen) atoms. The molecule has 0 fully saturated rings. The number of amides is 1. The van der Waals surface area contributed by atoms with Crippen LogP contribution in [0, 0.1) is 0 Å². The molecular formula is C17H14BrNO3. The minimum Gasteiger partial charge on any atom is -0.467 e. The summed E-state index contributed by atoms with van der Waals surface area (Å²) in [5.41, 5.74) is 0.626. The maximum atomic E-state index is 12.7. The highest BCUT2D eigenvalue weighted by molar-refractivity contribution is 9.10. The Bertz CT molecular complexity index is 682. The quantitative estimate of drug-likeness (QED) is 0.674. The maximum Gasteiger partial charge on any atom is 0.254 e. The number of halogens is 1. The molecule has 0 unspecified atom stereocenters. The van der Waals surface area contributed by atoms with Crippen LogP contribution in [0.2, 0.25) is 0 Å². The first kappa shape index (κ1) is 14.7. The summed E-state index contributed by atoms with van der Waals surface area (Å²) in [6, 6.07) is 14.6. The largest absolute Gasteiger partial charge is 0.467 e. The zero-order chi connectivity index (χ0) is 15.4. The van der Waals surface area contributed by atoms with Crippen molar-refractivity contribution in [2.75, 3.05) is 0 Å². The van der Waals surface area contributed by atoms with E-state index >= 15 is 0 Å². The van der Waals surface area contributed by atoms with E-state index in [0.29, 0.717) is 18.7 Å². The fourth-order valence-electron chi connectivity index (χ4n) is 2.16.